The van der Waals surface area contributed by atoms with E-state index in [9.17, 15) is 13.2 Å². The van der Waals surface area contributed by atoms with Crippen LogP contribution in [-0.4, -0.2) is 4.98 Å². The number of hydrogen-bond donors (Lipinski definition) is 1. The molecule has 106 valence electrons. The Morgan fingerprint density at radius 3 is 2.30 bits per heavy atom. The Morgan fingerprint density at radius 1 is 1.10 bits per heavy atom. The van der Waals surface area contributed by atoms with Crippen LogP contribution < -0.4 is 5.73 Å². The smallest absolute Gasteiger partial charge is 0.326 e. The number of rotatable bonds is 3. The molecule has 2 nitrogen and oxygen atoms in total. The van der Waals surface area contributed by atoms with Gasteiger partial charge in [0.15, 0.2) is 0 Å². The van der Waals surface area contributed by atoms with Crippen LogP contribution in [0.4, 0.5) is 13.2 Å². The predicted octanol–water partition coefficient (Wildman–Crippen LogP) is 4.47. The van der Waals surface area contributed by atoms with Crippen LogP contribution in [0.5, 0.6) is 0 Å². The van der Waals surface area contributed by atoms with Gasteiger partial charge in [-0.15, -0.1) is 0 Å². The second kappa shape index (κ2) is 6.15. The highest BCUT2D eigenvalue weighted by Crippen LogP contribution is 2.34. The Hall–Kier alpha value is -1.05. The van der Waals surface area contributed by atoms with Crippen molar-refractivity contribution in [1.29, 1.82) is 0 Å². The number of alkyl halides is 3. The molecule has 0 spiro atoms. The van der Waals surface area contributed by atoms with Gasteiger partial charge in [-0.05, 0) is 35.9 Å². The van der Waals surface area contributed by atoms with E-state index in [4.69, 9.17) is 5.73 Å². The molecule has 0 aliphatic heterocycles. The van der Waals surface area contributed by atoms with Crippen molar-refractivity contribution in [3.63, 3.8) is 0 Å². The maximum Gasteiger partial charge on any atom is 0.433 e. The molecule has 20 heavy (non-hydrogen) atoms. The number of pyridine rings is 1. The normalized spacial score (nSPS) is 11.7. The van der Waals surface area contributed by atoms with E-state index in [-0.39, 0.29) is 11.6 Å². The topological polar surface area (TPSA) is 38.9 Å². The lowest BCUT2D eigenvalue weighted by Crippen LogP contribution is -2.10. The second-order valence-corrected chi connectivity index (χ2v) is 5.90. The zero-order valence-electron chi connectivity index (χ0n) is 10.1. The fraction of sp³-hybridized carbons (Fsp3) is 0.154. The monoisotopic (exact) mass is 362 g/mol. The van der Waals surface area contributed by atoms with E-state index in [1.54, 1.807) is 12.1 Å². The zero-order chi connectivity index (χ0) is 14.8. The number of hydrogen-bond acceptors (Lipinski definition) is 3. The lowest BCUT2D eigenvalue weighted by atomic mass is 10.2. The van der Waals surface area contributed by atoms with E-state index in [2.05, 4.69) is 20.9 Å². The average Bonchev–Trinajstić information content (AvgIpc) is 2.40. The first kappa shape index (κ1) is 15.3. The fourth-order valence-electron chi connectivity index (χ4n) is 1.49. The van der Waals surface area contributed by atoms with Crippen molar-refractivity contribution in [3.8, 4) is 0 Å². The summed E-state index contributed by atoms with van der Waals surface area (Å²) in [4.78, 5) is 4.48. The van der Waals surface area contributed by atoms with Gasteiger partial charge in [-0.3, -0.25) is 0 Å². The molecule has 2 rings (SSSR count). The molecule has 0 aliphatic rings. The predicted molar refractivity (Wildman–Crippen MR) is 75.4 cm³/mol. The van der Waals surface area contributed by atoms with Gasteiger partial charge >= 0.3 is 6.18 Å². The summed E-state index contributed by atoms with van der Waals surface area (Å²) in [5.74, 6) is 0. The summed E-state index contributed by atoms with van der Waals surface area (Å²) >= 11 is 4.47. The van der Waals surface area contributed by atoms with Crippen molar-refractivity contribution in [2.45, 2.75) is 22.6 Å². The average molecular weight is 363 g/mol. The van der Waals surface area contributed by atoms with E-state index in [0.717, 1.165) is 15.4 Å². The maximum absolute atomic E-state index is 12.7. The minimum atomic E-state index is -4.46. The van der Waals surface area contributed by atoms with Gasteiger partial charge < -0.3 is 5.73 Å². The van der Waals surface area contributed by atoms with Crippen LogP contribution in [0, 0.1) is 0 Å². The Labute approximate surface area is 126 Å². The van der Waals surface area contributed by atoms with Crippen LogP contribution in [0.15, 0.2) is 50.8 Å². The van der Waals surface area contributed by atoms with Crippen LogP contribution in [-0.2, 0) is 12.7 Å². The molecule has 0 saturated carbocycles. The number of nitrogens with two attached hydrogens (primary N) is 1. The molecule has 2 N–H and O–H groups in total. The molecule has 1 aromatic heterocycles. The van der Waals surface area contributed by atoms with Gasteiger partial charge in [-0.25, -0.2) is 4.98 Å². The third kappa shape index (κ3) is 3.74. The van der Waals surface area contributed by atoms with Gasteiger partial charge in [0.05, 0.1) is 0 Å². The quantitative estimate of drug-likeness (QED) is 0.875. The van der Waals surface area contributed by atoms with Crippen molar-refractivity contribution >= 4 is 27.7 Å². The number of halogens is 4. The molecule has 0 atom stereocenters. The van der Waals surface area contributed by atoms with Crippen molar-refractivity contribution in [3.05, 3.63) is 52.1 Å². The van der Waals surface area contributed by atoms with Gasteiger partial charge in [0.1, 0.15) is 10.7 Å². The summed E-state index contributed by atoms with van der Waals surface area (Å²) in [5.41, 5.74) is 5.23. The third-order valence-corrected chi connectivity index (χ3v) is 4.06. The summed E-state index contributed by atoms with van der Waals surface area (Å²) in [6.07, 6.45) is -4.46. The van der Waals surface area contributed by atoms with Gasteiger partial charge in [0, 0.05) is 15.9 Å². The van der Waals surface area contributed by atoms with Crippen molar-refractivity contribution in [2.75, 3.05) is 0 Å². The van der Waals surface area contributed by atoms with E-state index >= 15 is 0 Å². The molecule has 2 aromatic rings. The Morgan fingerprint density at radius 2 is 1.75 bits per heavy atom. The maximum atomic E-state index is 12.7. The molecule has 0 saturated heterocycles. The van der Waals surface area contributed by atoms with Gasteiger partial charge in [0.2, 0.25) is 0 Å². The molecular formula is C13H10BrF3N2S. The second-order valence-electron chi connectivity index (χ2n) is 3.92. The van der Waals surface area contributed by atoms with Gasteiger partial charge in [0.25, 0.3) is 0 Å². The third-order valence-electron chi connectivity index (χ3n) is 2.48. The molecule has 1 aromatic carbocycles. The van der Waals surface area contributed by atoms with Gasteiger partial charge in [-0.2, -0.15) is 13.2 Å². The molecular weight excluding hydrogens is 353 g/mol. The lowest BCUT2D eigenvalue weighted by molar-refractivity contribution is -0.141. The van der Waals surface area contributed by atoms with Crippen molar-refractivity contribution in [1.82, 2.24) is 4.98 Å². The molecule has 1 heterocycles. The summed E-state index contributed by atoms with van der Waals surface area (Å²) in [6.45, 7) is 0.143. The standard InChI is InChI=1S/C13H10BrF3N2S/c14-9-2-4-10(5-3-9)20-12-8(7-18)1-6-11(19-12)13(15,16)17/h1-6H,7,18H2. The molecule has 0 radical (unpaired) electrons. The molecule has 7 heteroatoms. The summed E-state index contributed by atoms with van der Waals surface area (Å²) < 4.78 is 39.0. The first-order valence-corrected chi connectivity index (χ1v) is 7.21. The summed E-state index contributed by atoms with van der Waals surface area (Å²) in [7, 11) is 0. The Balaban J connectivity index is 2.35. The van der Waals surface area contributed by atoms with Crippen molar-refractivity contribution in [2.24, 2.45) is 5.73 Å². The zero-order valence-corrected chi connectivity index (χ0v) is 12.5. The highest BCUT2D eigenvalue weighted by Gasteiger charge is 2.33. The minimum Gasteiger partial charge on any atom is -0.326 e. The van der Waals surface area contributed by atoms with Crippen LogP contribution >= 0.6 is 27.7 Å². The van der Waals surface area contributed by atoms with Crippen LogP contribution in [0.2, 0.25) is 0 Å². The Kier molecular flexibility index (Phi) is 4.72. The summed E-state index contributed by atoms with van der Waals surface area (Å²) in [6, 6.07) is 9.56. The number of benzene rings is 1. The van der Waals surface area contributed by atoms with Gasteiger partial charge in [-0.1, -0.05) is 33.8 Å². The SMILES string of the molecule is NCc1ccc(C(F)(F)F)nc1Sc1ccc(Br)cc1. The van der Waals surface area contributed by atoms with E-state index in [1.165, 1.54) is 17.8 Å². The number of aromatic nitrogens is 1. The molecule has 0 bridgehead atoms. The van der Waals surface area contributed by atoms with Crippen LogP contribution in [0.25, 0.3) is 0 Å². The van der Waals surface area contributed by atoms with Crippen LogP contribution in [0.3, 0.4) is 0 Å². The summed E-state index contributed by atoms with van der Waals surface area (Å²) in [5, 5.41) is 0.282. The van der Waals surface area contributed by atoms with E-state index in [0.29, 0.717) is 5.56 Å². The van der Waals surface area contributed by atoms with E-state index < -0.39 is 11.9 Å². The highest BCUT2D eigenvalue weighted by molar-refractivity contribution is 9.10. The molecule has 0 aliphatic carbocycles. The Bertz CT molecular complexity index is 600. The van der Waals surface area contributed by atoms with Crippen LogP contribution in [0.1, 0.15) is 11.3 Å². The molecule has 0 fully saturated rings. The lowest BCUT2D eigenvalue weighted by Gasteiger charge is -2.11. The number of nitrogens with zero attached hydrogens (tertiary/aromatic N) is 1. The van der Waals surface area contributed by atoms with E-state index in [1.807, 2.05) is 12.1 Å². The van der Waals surface area contributed by atoms with Crippen molar-refractivity contribution < 1.29 is 13.2 Å². The largest absolute Gasteiger partial charge is 0.433 e. The molecule has 0 amide bonds. The minimum absolute atomic E-state index is 0.143. The first-order valence-electron chi connectivity index (χ1n) is 5.61. The molecule has 0 unspecified atom stereocenters. The highest BCUT2D eigenvalue weighted by atomic mass is 79.9. The first-order chi connectivity index (χ1) is 9.40. The fourth-order valence-corrected chi connectivity index (χ4v) is 2.67.